The number of unbranched alkanes of at least 4 members (excludes halogenated alkanes) is 36. The molecule has 382 valence electrons. The first-order valence-corrected chi connectivity index (χ1v) is 28.7. The molecule has 0 heterocycles. The normalized spacial score (nSPS) is 12.9. The summed E-state index contributed by atoms with van der Waals surface area (Å²) in [6.45, 7) is 4.85. The highest BCUT2D eigenvalue weighted by Gasteiger charge is 2.20. The molecule has 0 aromatic heterocycles. The summed E-state index contributed by atoms with van der Waals surface area (Å²) in [6, 6.07) is -0.569. The van der Waals surface area contributed by atoms with Gasteiger partial charge in [-0.05, 0) is 83.5 Å². The summed E-state index contributed by atoms with van der Waals surface area (Å²) < 4.78 is 5.44. The van der Waals surface area contributed by atoms with Gasteiger partial charge in [0, 0.05) is 12.8 Å². The van der Waals surface area contributed by atoms with Crippen molar-refractivity contribution in [2.45, 2.75) is 315 Å². The van der Waals surface area contributed by atoms with Gasteiger partial charge in [-0.25, -0.2) is 0 Å². The third-order valence-corrected chi connectivity index (χ3v) is 13.2. The molecule has 0 aromatic rings. The maximum Gasteiger partial charge on any atom is 0.305 e. The molecule has 0 aliphatic heterocycles. The second kappa shape index (κ2) is 54.7. The fraction of sp³-hybridized carbons (Fsp3) is 0.864. The van der Waals surface area contributed by atoms with E-state index in [2.05, 4.69) is 55.6 Å². The van der Waals surface area contributed by atoms with Crippen LogP contribution in [0.5, 0.6) is 0 Å². The van der Waals surface area contributed by atoms with Crippen LogP contribution < -0.4 is 5.32 Å². The lowest BCUT2D eigenvalue weighted by atomic mass is 10.0. The van der Waals surface area contributed by atoms with Crippen LogP contribution in [-0.4, -0.2) is 47.4 Å². The number of amides is 1. The minimum atomic E-state index is -0.688. The van der Waals surface area contributed by atoms with E-state index in [0.717, 1.165) is 83.5 Å². The zero-order chi connectivity index (χ0) is 47.2. The molecule has 0 fully saturated rings. The second-order valence-electron chi connectivity index (χ2n) is 19.6. The molecule has 2 atom stereocenters. The summed E-state index contributed by atoms with van der Waals surface area (Å²) in [5.74, 6) is -0.113. The number of aliphatic hydroxyl groups is 2. The minimum Gasteiger partial charge on any atom is -0.466 e. The van der Waals surface area contributed by atoms with Crippen molar-refractivity contribution in [1.82, 2.24) is 5.32 Å². The van der Waals surface area contributed by atoms with Crippen molar-refractivity contribution in [3.63, 3.8) is 0 Å². The van der Waals surface area contributed by atoms with Crippen LogP contribution in [0.25, 0.3) is 0 Å². The summed E-state index contributed by atoms with van der Waals surface area (Å²) in [6.07, 6.45) is 67.0. The van der Waals surface area contributed by atoms with Crippen molar-refractivity contribution < 1.29 is 24.5 Å². The van der Waals surface area contributed by atoms with Gasteiger partial charge in [-0.1, -0.05) is 243 Å². The van der Waals surface area contributed by atoms with Gasteiger partial charge < -0.3 is 20.3 Å². The third kappa shape index (κ3) is 51.3. The smallest absolute Gasteiger partial charge is 0.305 e. The largest absolute Gasteiger partial charge is 0.466 e. The van der Waals surface area contributed by atoms with Gasteiger partial charge in [0.05, 0.1) is 25.4 Å². The first-order valence-electron chi connectivity index (χ1n) is 28.7. The number of allylic oxidation sites excluding steroid dienone is 6. The van der Waals surface area contributed by atoms with Crippen LogP contribution >= 0.6 is 0 Å². The molecule has 0 spiro atoms. The van der Waals surface area contributed by atoms with E-state index in [-0.39, 0.29) is 18.5 Å². The Labute approximate surface area is 404 Å². The Morgan fingerprint density at radius 2 is 0.769 bits per heavy atom. The maximum absolute atomic E-state index is 12.5. The molecule has 2 unspecified atom stereocenters. The van der Waals surface area contributed by atoms with Crippen molar-refractivity contribution in [2.24, 2.45) is 0 Å². The molecule has 6 heteroatoms. The lowest BCUT2D eigenvalue weighted by Gasteiger charge is -2.22. The minimum absolute atomic E-state index is 0.0437. The number of nitrogens with one attached hydrogen (secondary N) is 1. The van der Waals surface area contributed by atoms with Crippen LogP contribution in [0.4, 0.5) is 0 Å². The van der Waals surface area contributed by atoms with Crippen LogP contribution in [0.15, 0.2) is 36.5 Å². The van der Waals surface area contributed by atoms with Crippen LogP contribution in [0.2, 0.25) is 0 Å². The van der Waals surface area contributed by atoms with E-state index in [1.807, 2.05) is 0 Å². The zero-order valence-corrected chi connectivity index (χ0v) is 43.5. The second-order valence-corrected chi connectivity index (χ2v) is 19.6. The SMILES string of the molecule is CCCCC/C=C\C/C=C\CCCCCCCCCC(=O)OCCCC/C=C\CCCCCCC(=O)NC(CO)C(O)CCCCCCCCCCCCCCCCCCCCCCC. The highest BCUT2D eigenvalue weighted by Crippen LogP contribution is 2.17. The van der Waals surface area contributed by atoms with Gasteiger partial charge in [0.1, 0.15) is 0 Å². The van der Waals surface area contributed by atoms with Gasteiger partial charge in [0.25, 0.3) is 0 Å². The molecule has 0 aliphatic rings. The summed E-state index contributed by atoms with van der Waals surface area (Å²) in [7, 11) is 0. The molecular formula is C59H111NO5. The van der Waals surface area contributed by atoms with E-state index in [9.17, 15) is 19.8 Å². The van der Waals surface area contributed by atoms with Crippen LogP contribution in [0.3, 0.4) is 0 Å². The molecule has 1 amide bonds. The van der Waals surface area contributed by atoms with E-state index >= 15 is 0 Å². The number of ether oxygens (including phenoxy) is 1. The Morgan fingerprint density at radius 1 is 0.431 bits per heavy atom. The molecule has 6 nitrogen and oxygen atoms in total. The predicted molar refractivity (Wildman–Crippen MR) is 283 cm³/mol. The average Bonchev–Trinajstić information content (AvgIpc) is 3.31. The number of rotatable bonds is 53. The molecule has 0 radical (unpaired) electrons. The standard InChI is InChI=1S/C59H111NO5/c1-3-5-7-9-11-13-15-17-19-21-22-23-24-26-27-29-31-35-39-43-47-51-57(62)56(55-61)60-58(63)52-48-44-40-36-33-34-38-42-46-50-54-65-59(64)53-49-45-41-37-32-30-28-25-20-18-16-14-12-10-8-6-4-2/h12,14,18,20,34,38,56-57,61-62H,3-11,13,15-17,19,21-33,35-37,39-55H2,1-2H3,(H,60,63)/b14-12-,20-18-,38-34-. The quantitative estimate of drug-likeness (QED) is 0.0321. The molecule has 0 rings (SSSR count). The van der Waals surface area contributed by atoms with E-state index in [1.54, 1.807) is 0 Å². The van der Waals surface area contributed by atoms with E-state index in [4.69, 9.17) is 4.74 Å². The highest BCUT2D eigenvalue weighted by molar-refractivity contribution is 5.76. The lowest BCUT2D eigenvalue weighted by Crippen LogP contribution is -2.45. The van der Waals surface area contributed by atoms with Gasteiger partial charge in [-0.2, -0.15) is 0 Å². The molecule has 0 saturated heterocycles. The number of aliphatic hydroxyl groups excluding tert-OH is 2. The van der Waals surface area contributed by atoms with Crippen molar-refractivity contribution in [2.75, 3.05) is 13.2 Å². The lowest BCUT2D eigenvalue weighted by molar-refractivity contribution is -0.143. The molecule has 0 bridgehead atoms. The first kappa shape index (κ1) is 63.1. The molecule has 0 aliphatic carbocycles. The number of carbonyl (C=O) groups is 2. The Kier molecular flexibility index (Phi) is 53.1. The summed E-state index contributed by atoms with van der Waals surface area (Å²) >= 11 is 0. The summed E-state index contributed by atoms with van der Waals surface area (Å²) in [5, 5.41) is 23.3. The molecule has 65 heavy (non-hydrogen) atoms. The number of hydrogen-bond acceptors (Lipinski definition) is 5. The molecular weight excluding hydrogens is 803 g/mol. The van der Waals surface area contributed by atoms with Crippen molar-refractivity contribution >= 4 is 11.9 Å². The Hall–Kier alpha value is -1.92. The fourth-order valence-electron chi connectivity index (χ4n) is 8.72. The topological polar surface area (TPSA) is 95.9 Å². The van der Waals surface area contributed by atoms with Crippen LogP contribution in [0.1, 0.15) is 303 Å². The van der Waals surface area contributed by atoms with E-state index in [1.165, 1.54) is 186 Å². The van der Waals surface area contributed by atoms with Gasteiger partial charge >= 0.3 is 5.97 Å². The van der Waals surface area contributed by atoms with Crippen LogP contribution in [-0.2, 0) is 14.3 Å². The summed E-state index contributed by atoms with van der Waals surface area (Å²) in [5.41, 5.74) is 0. The monoisotopic (exact) mass is 914 g/mol. The highest BCUT2D eigenvalue weighted by atomic mass is 16.5. The van der Waals surface area contributed by atoms with Crippen molar-refractivity contribution in [3.8, 4) is 0 Å². The third-order valence-electron chi connectivity index (χ3n) is 13.2. The Bertz CT molecular complexity index is 1060. The maximum atomic E-state index is 12.5. The number of carbonyl (C=O) groups excluding carboxylic acids is 2. The van der Waals surface area contributed by atoms with Gasteiger partial charge in [0.2, 0.25) is 5.91 Å². The first-order chi connectivity index (χ1) is 32.0. The Balaban J connectivity index is 3.52. The molecule has 0 saturated carbocycles. The van der Waals surface area contributed by atoms with Crippen molar-refractivity contribution in [1.29, 1.82) is 0 Å². The van der Waals surface area contributed by atoms with E-state index < -0.39 is 12.1 Å². The molecule has 3 N–H and O–H groups in total. The fourth-order valence-corrected chi connectivity index (χ4v) is 8.72. The predicted octanol–water partition coefficient (Wildman–Crippen LogP) is 17.6. The van der Waals surface area contributed by atoms with E-state index in [0.29, 0.717) is 25.9 Å². The number of hydrogen-bond donors (Lipinski definition) is 3. The van der Waals surface area contributed by atoms with Crippen molar-refractivity contribution in [3.05, 3.63) is 36.5 Å². The number of esters is 1. The summed E-state index contributed by atoms with van der Waals surface area (Å²) in [4.78, 5) is 24.5. The van der Waals surface area contributed by atoms with Gasteiger partial charge in [-0.15, -0.1) is 0 Å². The molecule has 0 aromatic carbocycles. The average molecular weight is 915 g/mol. The zero-order valence-electron chi connectivity index (χ0n) is 43.5. The van der Waals surface area contributed by atoms with Gasteiger partial charge in [0.15, 0.2) is 0 Å². The Morgan fingerprint density at radius 3 is 1.22 bits per heavy atom. The van der Waals surface area contributed by atoms with Crippen LogP contribution in [0, 0.1) is 0 Å². The van der Waals surface area contributed by atoms with Gasteiger partial charge in [-0.3, -0.25) is 9.59 Å².